The van der Waals surface area contributed by atoms with Crippen molar-refractivity contribution < 1.29 is 0 Å². The zero-order valence-corrected chi connectivity index (χ0v) is 28.4. The lowest BCUT2D eigenvalue weighted by molar-refractivity contribution is 1.11. The first kappa shape index (κ1) is 29.9. The Morgan fingerprint density at radius 3 is 1.37 bits per heavy atom. The lowest BCUT2D eigenvalue weighted by Crippen LogP contribution is -2.00. The topological polar surface area (TPSA) is 22.2 Å². The molecule has 0 unspecified atom stereocenters. The maximum absolute atomic E-state index is 5.19. The second kappa shape index (κ2) is 12.4. The molecule has 0 saturated heterocycles. The van der Waals surface area contributed by atoms with Crippen LogP contribution in [0.3, 0.4) is 0 Å². The molecule has 0 amide bonds. The molecule has 0 atom stereocenters. The molecular weight excluding hydrogens is 631 g/mol. The van der Waals surface area contributed by atoms with Gasteiger partial charge in [0.05, 0.1) is 22.1 Å². The van der Waals surface area contributed by atoms with Gasteiger partial charge in [-0.2, -0.15) is 0 Å². The van der Waals surface area contributed by atoms with Crippen LogP contribution >= 0.6 is 0 Å². The molecule has 244 valence electrons. The minimum atomic E-state index is 0.897. The van der Waals surface area contributed by atoms with E-state index in [1.54, 1.807) is 0 Å². The van der Waals surface area contributed by atoms with Gasteiger partial charge >= 0.3 is 0 Å². The van der Waals surface area contributed by atoms with Crippen LogP contribution in [0.15, 0.2) is 200 Å². The summed E-state index contributed by atoms with van der Waals surface area (Å²) in [6.07, 6.45) is 0. The van der Waals surface area contributed by atoms with Crippen LogP contribution in [-0.4, -0.2) is 14.0 Å². The van der Waals surface area contributed by atoms with Gasteiger partial charge in [-0.25, -0.2) is 4.98 Å². The van der Waals surface area contributed by atoms with Gasteiger partial charge in [0.15, 0.2) is 0 Å². The Hall–Kier alpha value is -6.97. The van der Waals surface area contributed by atoms with Crippen LogP contribution in [0.4, 0.5) is 0 Å². The fourth-order valence-corrected chi connectivity index (χ4v) is 7.88. The van der Waals surface area contributed by atoms with Crippen LogP contribution in [0, 0.1) is 0 Å². The third kappa shape index (κ3) is 4.86. The summed E-state index contributed by atoms with van der Waals surface area (Å²) < 4.78 is 4.59. The standard InChI is InChI=1S/C49H33N3/c1-5-18-34(19-6-1)40-33-41(35-20-7-2-8-21-35)47(37-24-11-4-12-25-37)48(46(40)36-22-9-3-10-23-36)38-26-17-27-39(32-38)51-44-30-15-16-31-45(44)52-43-29-14-13-28-42(43)50-49(51)52/h1-33H. The van der Waals surface area contributed by atoms with E-state index in [2.05, 4.69) is 209 Å². The van der Waals surface area contributed by atoms with Gasteiger partial charge in [0.25, 0.3) is 0 Å². The van der Waals surface area contributed by atoms with Crippen LogP contribution in [0.25, 0.3) is 89.2 Å². The molecule has 0 radical (unpaired) electrons. The van der Waals surface area contributed by atoms with Crippen molar-refractivity contribution in [2.24, 2.45) is 0 Å². The van der Waals surface area contributed by atoms with Gasteiger partial charge in [0.2, 0.25) is 5.78 Å². The number of aromatic nitrogens is 3. The maximum atomic E-state index is 5.19. The van der Waals surface area contributed by atoms with E-state index in [4.69, 9.17) is 4.98 Å². The number of hydrogen-bond donors (Lipinski definition) is 0. The molecule has 2 aromatic heterocycles. The number of benzene rings is 8. The number of para-hydroxylation sites is 4. The molecule has 0 fully saturated rings. The molecule has 0 aliphatic heterocycles. The zero-order chi connectivity index (χ0) is 34.4. The Morgan fingerprint density at radius 2 is 0.788 bits per heavy atom. The predicted octanol–water partition coefficient (Wildman–Crippen LogP) is 12.8. The fraction of sp³-hybridized carbons (Fsp3) is 0. The predicted molar refractivity (Wildman–Crippen MR) is 217 cm³/mol. The van der Waals surface area contributed by atoms with Crippen LogP contribution < -0.4 is 0 Å². The number of rotatable bonds is 6. The quantitative estimate of drug-likeness (QED) is 0.174. The number of fused-ring (bicyclic) bond motifs is 5. The summed E-state index contributed by atoms with van der Waals surface area (Å²) in [7, 11) is 0. The monoisotopic (exact) mass is 663 g/mol. The highest BCUT2D eigenvalue weighted by Crippen LogP contribution is 2.50. The van der Waals surface area contributed by atoms with Gasteiger partial charge in [0.1, 0.15) is 0 Å². The second-order valence-corrected chi connectivity index (χ2v) is 13.2. The van der Waals surface area contributed by atoms with E-state index >= 15 is 0 Å². The number of nitrogens with zero attached hydrogens (tertiary/aromatic N) is 3. The molecule has 8 aromatic carbocycles. The summed E-state index contributed by atoms with van der Waals surface area (Å²) in [5, 5.41) is 0. The van der Waals surface area contributed by atoms with E-state index in [9.17, 15) is 0 Å². The smallest absolute Gasteiger partial charge is 0.220 e. The highest BCUT2D eigenvalue weighted by Gasteiger charge is 2.24. The summed E-state index contributed by atoms with van der Waals surface area (Å²) in [4.78, 5) is 5.19. The van der Waals surface area contributed by atoms with Gasteiger partial charge in [-0.3, -0.25) is 8.97 Å². The van der Waals surface area contributed by atoms with Crippen molar-refractivity contribution in [3.63, 3.8) is 0 Å². The lowest BCUT2D eigenvalue weighted by Gasteiger charge is -2.25. The fourth-order valence-electron chi connectivity index (χ4n) is 7.88. The van der Waals surface area contributed by atoms with Crippen molar-refractivity contribution in [2.45, 2.75) is 0 Å². The van der Waals surface area contributed by atoms with Crippen molar-refractivity contribution >= 4 is 27.8 Å². The molecule has 3 heteroatoms. The third-order valence-corrected chi connectivity index (χ3v) is 10.1. The molecule has 0 N–H and O–H groups in total. The summed E-state index contributed by atoms with van der Waals surface area (Å²) in [6, 6.07) is 71.8. The first-order chi connectivity index (χ1) is 25.8. The van der Waals surface area contributed by atoms with Crippen LogP contribution in [0.1, 0.15) is 0 Å². The number of imidazole rings is 2. The molecule has 52 heavy (non-hydrogen) atoms. The van der Waals surface area contributed by atoms with Crippen LogP contribution in [-0.2, 0) is 0 Å². The molecule has 3 nitrogen and oxygen atoms in total. The summed E-state index contributed by atoms with van der Waals surface area (Å²) in [5.41, 5.74) is 17.2. The minimum Gasteiger partial charge on any atom is -0.278 e. The lowest BCUT2D eigenvalue weighted by atomic mass is 9.79. The molecule has 10 aromatic rings. The Labute approximate surface area is 302 Å². The van der Waals surface area contributed by atoms with E-state index in [0.717, 1.165) is 39.1 Å². The molecule has 0 spiro atoms. The number of hydrogen-bond acceptors (Lipinski definition) is 1. The van der Waals surface area contributed by atoms with E-state index in [0.29, 0.717) is 0 Å². The van der Waals surface area contributed by atoms with E-state index in [1.165, 1.54) is 50.1 Å². The van der Waals surface area contributed by atoms with E-state index in [-0.39, 0.29) is 0 Å². The highest BCUT2D eigenvalue weighted by atomic mass is 15.2. The van der Waals surface area contributed by atoms with Crippen molar-refractivity contribution in [1.82, 2.24) is 14.0 Å². The maximum Gasteiger partial charge on any atom is 0.220 e. The van der Waals surface area contributed by atoms with Crippen LogP contribution in [0.5, 0.6) is 0 Å². The molecule has 0 aliphatic carbocycles. The van der Waals surface area contributed by atoms with Gasteiger partial charge in [-0.15, -0.1) is 0 Å². The average Bonchev–Trinajstić information content (AvgIpc) is 3.76. The first-order valence-corrected chi connectivity index (χ1v) is 17.7. The Bertz CT molecular complexity index is 2770. The van der Waals surface area contributed by atoms with Gasteiger partial charge < -0.3 is 0 Å². The SMILES string of the molecule is c1ccc(-c2cc(-c3ccccc3)c(-c3ccccc3)c(-c3cccc(-n4c5ccccc5n5c6ccccc6nc45)c3)c2-c2ccccc2)cc1. The zero-order valence-electron chi connectivity index (χ0n) is 28.4. The van der Waals surface area contributed by atoms with Crippen molar-refractivity contribution in [2.75, 3.05) is 0 Å². The van der Waals surface area contributed by atoms with Crippen molar-refractivity contribution in [3.8, 4) is 61.3 Å². The summed E-state index contributed by atoms with van der Waals surface area (Å²) >= 11 is 0. The average molecular weight is 664 g/mol. The molecule has 0 aliphatic rings. The van der Waals surface area contributed by atoms with Crippen molar-refractivity contribution in [3.05, 3.63) is 200 Å². The van der Waals surface area contributed by atoms with Gasteiger partial charge in [-0.05, 0) is 98.1 Å². The minimum absolute atomic E-state index is 0.897. The largest absolute Gasteiger partial charge is 0.278 e. The van der Waals surface area contributed by atoms with Gasteiger partial charge in [0, 0.05) is 5.69 Å². The highest BCUT2D eigenvalue weighted by molar-refractivity contribution is 6.07. The normalized spacial score (nSPS) is 11.5. The van der Waals surface area contributed by atoms with Crippen molar-refractivity contribution in [1.29, 1.82) is 0 Å². The third-order valence-electron chi connectivity index (χ3n) is 10.1. The molecule has 2 heterocycles. The van der Waals surface area contributed by atoms with Crippen LogP contribution in [0.2, 0.25) is 0 Å². The molecule has 0 bridgehead atoms. The first-order valence-electron chi connectivity index (χ1n) is 17.7. The van der Waals surface area contributed by atoms with E-state index in [1.807, 2.05) is 0 Å². The Morgan fingerprint density at radius 1 is 0.327 bits per heavy atom. The second-order valence-electron chi connectivity index (χ2n) is 13.2. The van der Waals surface area contributed by atoms with Gasteiger partial charge in [-0.1, -0.05) is 158 Å². The summed E-state index contributed by atoms with van der Waals surface area (Å²) in [6.45, 7) is 0. The van der Waals surface area contributed by atoms with E-state index < -0.39 is 0 Å². The summed E-state index contributed by atoms with van der Waals surface area (Å²) in [5.74, 6) is 0.897. The molecule has 0 saturated carbocycles. The Balaban J connectivity index is 1.35. The Kier molecular flexibility index (Phi) is 7.14. The molecular formula is C49H33N3. The molecule has 10 rings (SSSR count).